The van der Waals surface area contributed by atoms with Crippen LogP contribution in [-0.4, -0.2) is 20.1 Å². The highest BCUT2D eigenvalue weighted by molar-refractivity contribution is 7.91. The maximum Gasteiger partial charge on any atom is 0.217 e. The maximum atomic E-state index is 12.4. The summed E-state index contributed by atoms with van der Waals surface area (Å²) in [6.07, 6.45) is 0. The zero-order chi connectivity index (χ0) is 14.6. The van der Waals surface area contributed by atoms with E-state index in [0.29, 0.717) is 0 Å². The molecule has 0 saturated heterocycles. The van der Waals surface area contributed by atoms with Crippen LogP contribution in [0.4, 0.5) is 0 Å². The Morgan fingerprint density at radius 2 is 1.90 bits per heavy atom. The number of nitrogens with one attached hydrogen (secondary N) is 1. The first kappa shape index (κ1) is 14.7. The molecule has 1 aromatic heterocycles. The third kappa shape index (κ3) is 3.68. The Bertz CT molecular complexity index is 664. The van der Waals surface area contributed by atoms with Crippen molar-refractivity contribution in [2.45, 2.75) is 17.9 Å². The third-order valence-corrected chi connectivity index (χ3v) is 5.50. The van der Waals surface area contributed by atoms with Gasteiger partial charge in [0.1, 0.15) is 0 Å². The van der Waals surface area contributed by atoms with Gasteiger partial charge in [0.05, 0.1) is 16.7 Å². The zero-order valence-corrected chi connectivity index (χ0v) is 12.6. The number of thiophene rings is 1. The van der Waals surface area contributed by atoms with E-state index >= 15 is 0 Å². The lowest BCUT2D eigenvalue weighted by molar-refractivity contribution is -0.119. The molecule has 1 amide bonds. The van der Waals surface area contributed by atoms with Gasteiger partial charge < -0.3 is 5.32 Å². The monoisotopic (exact) mass is 309 g/mol. The van der Waals surface area contributed by atoms with Gasteiger partial charge in [-0.15, -0.1) is 11.3 Å². The van der Waals surface area contributed by atoms with Crippen molar-refractivity contribution in [1.29, 1.82) is 0 Å². The summed E-state index contributed by atoms with van der Waals surface area (Å²) in [5.41, 5.74) is 0. The molecule has 4 nitrogen and oxygen atoms in total. The molecule has 2 rings (SSSR count). The minimum atomic E-state index is -3.44. The smallest absolute Gasteiger partial charge is 0.217 e. The van der Waals surface area contributed by atoms with Gasteiger partial charge in [0.25, 0.3) is 0 Å². The predicted octanol–water partition coefficient (Wildman–Crippen LogP) is 2.40. The Morgan fingerprint density at radius 1 is 1.20 bits per heavy atom. The van der Waals surface area contributed by atoms with Crippen LogP contribution in [0.15, 0.2) is 52.7 Å². The Kier molecular flexibility index (Phi) is 4.57. The number of amides is 1. The molecule has 6 heteroatoms. The first-order valence-electron chi connectivity index (χ1n) is 6.07. The van der Waals surface area contributed by atoms with Gasteiger partial charge in [-0.3, -0.25) is 4.79 Å². The molecule has 0 spiro atoms. The third-order valence-electron chi connectivity index (χ3n) is 2.75. The van der Waals surface area contributed by atoms with Gasteiger partial charge >= 0.3 is 0 Å². The van der Waals surface area contributed by atoms with Gasteiger partial charge in [-0.25, -0.2) is 8.42 Å². The molecule has 1 atom stereocenters. The van der Waals surface area contributed by atoms with E-state index < -0.39 is 15.9 Å². The Morgan fingerprint density at radius 3 is 2.45 bits per heavy atom. The maximum absolute atomic E-state index is 12.4. The number of hydrogen-bond acceptors (Lipinski definition) is 4. The van der Waals surface area contributed by atoms with Crippen molar-refractivity contribution in [2.24, 2.45) is 0 Å². The van der Waals surface area contributed by atoms with E-state index in [1.807, 2.05) is 17.5 Å². The van der Waals surface area contributed by atoms with E-state index in [9.17, 15) is 13.2 Å². The van der Waals surface area contributed by atoms with E-state index in [2.05, 4.69) is 5.32 Å². The van der Waals surface area contributed by atoms with Crippen molar-refractivity contribution in [2.75, 3.05) is 5.75 Å². The summed E-state index contributed by atoms with van der Waals surface area (Å²) in [5, 5.41) is 4.56. The fourth-order valence-electron chi connectivity index (χ4n) is 1.87. The fraction of sp³-hybridized carbons (Fsp3) is 0.214. The molecule has 0 unspecified atom stereocenters. The van der Waals surface area contributed by atoms with Crippen molar-refractivity contribution >= 4 is 27.1 Å². The van der Waals surface area contributed by atoms with Gasteiger partial charge in [-0.1, -0.05) is 24.3 Å². The largest absolute Gasteiger partial charge is 0.348 e. The lowest BCUT2D eigenvalue weighted by Crippen LogP contribution is -2.31. The summed E-state index contributed by atoms with van der Waals surface area (Å²) in [7, 11) is -3.44. The number of rotatable bonds is 5. The van der Waals surface area contributed by atoms with E-state index in [4.69, 9.17) is 0 Å². The average molecular weight is 309 g/mol. The molecule has 1 heterocycles. The van der Waals surface area contributed by atoms with Crippen molar-refractivity contribution < 1.29 is 13.2 Å². The highest BCUT2D eigenvalue weighted by Gasteiger charge is 2.23. The first-order chi connectivity index (χ1) is 9.49. The standard InChI is InChI=1S/C14H15NO3S2/c1-11(16)15-13(14-8-5-9-19-14)10-20(17,18)12-6-3-2-4-7-12/h2-9,13H,10H2,1H3,(H,15,16)/t13-/m1/s1. The molecule has 20 heavy (non-hydrogen) atoms. The molecule has 0 radical (unpaired) electrons. The van der Waals surface area contributed by atoms with Gasteiger partial charge in [-0.2, -0.15) is 0 Å². The molecule has 1 aromatic carbocycles. The van der Waals surface area contributed by atoms with Crippen LogP contribution in [0.5, 0.6) is 0 Å². The molecular formula is C14H15NO3S2. The number of carbonyl (C=O) groups is 1. The minimum Gasteiger partial charge on any atom is -0.348 e. The predicted molar refractivity (Wildman–Crippen MR) is 79.4 cm³/mol. The molecule has 2 aromatic rings. The van der Waals surface area contributed by atoms with Crippen molar-refractivity contribution in [3.05, 3.63) is 52.7 Å². The molecule has 106 valence electrons. The Hall–Kier alpha value is -1.66. The van der Waals surface area contributed by atoms with Crippen LogP contribution in [0.3, 0.4) is 0 Å². The summed E-state index contributed by atoms with van der Waals surface area (Å²) in [6, 6.07) is 11.4. The summed E-state index contributed by atoms with van der Waals surface area (Å²) < 4.78 is 24.7. The second-order valence-electron chi connectivity index (χ2n) is 4.36. The van der Waals surface area contributed by atoms with Gasteiger partial charge in [0.15, 0.2) is 9.84 Å². The van der Waals surface area contributed by atoms with Crippen LogP contribution >= 0.6 is 11.3 Å². The molecule has 0 bridgehead atoms. The first-order valence-corrected chi connectivity index (χ1v) is 8.60. The lowest BCUT2D eigenvalue weighted by atomic mass is 10.3. The van der Waals surface area contributed by atoms with Crippen LogP contribution in [-0.2, 0) is 14.6 Å². The van der Waals surface area contributed by atoms with Gasteiger partial charge in [0, 0.05) is 11.8 Å². The van der Waals surface area contributed by atoms with Crippen LogP contribution in [0.1, 0.15) is 17.8 Å². The molecule has 1 N–H and O–H groups in total. The van der Waals surface area contributed by atoms with Crippen molar-refractivity contribution in [3.8, 4) is 0 Å². The molecule has 0 aliphatic heterocycles. The highest BCUT2D eigenvalue weighted by atomic mass is 32.2. The molecule has 0 fully saturated rings. The van der Waals surface area contributed by atoms with Crippen LogP contribution in [0, 0.1) is 0 Å². The summed E-state index contributed by atoms with van der Waals surface area (Å²) in [4.78, 5) is 12.4. The lowest BCUT2D eigenvalue weighted by Gasteiger charge is -2.16. The molecule has 0 aliphatic rings. The van der Waals surface area contributed by atoms with Crippen LogP contribution in [0.25, 0.3) is 0 Å². The Balaban J connectivity index is 2.26. The topological polar surface area (TPSA) is 63.2 Å². The van der Waals surface area contributed by atoms with E-state index in [-0.39, 0.29) is 16.6 Å². The minimum absolute atomic E-state index is 0.142. The average Bonchev–Trinajstić information content (AvgIpc) is 2.92. The van der Waals surface area contributed by atoms with Gasteiger partial charge in [0.2, 0.25) is 5.91 Å². The van der Waals surface area contributed by atoms with Crippen molar-refractivity contribution in [3.63, 3.8) is 0 Å². The number of sulfone groups is 1. The SMILES string of the molecule is CC(=O)N[C@H](CS(=O)(=O)c1ccccc1)c1cccs1. The quantitative estimate of drug-likeness (QED) is 0.922. The summed E-state index contributed by atoms with van der Waals surface area (Å²) >= 11 is 1.43. The molecule has 0 aliphatic carbocycles. The highest BCUT2D eigenvalue weighted by Crippen LogP contribution is 2.23. The second kappa shape index (κ2) is 6.19. The van der Waals surface area contributed by atoms with Crippen LogP contribution in [0.2, 0.25) is 0 Å². The second-order valence-corrected chi connectivity index (χ2v) is 7.38. The summed E-state index contributed by atoms with van der Waals surface area (Å²) in [6.45, 7) is 1.38. The Labute approximate surface area is 122 Å². The number of hydrogen-bond donors (Lipinski definition) is 1. The van der Waals surface area contributed by atoms with Crippen molar-refractivity contribution in [1.82, 2.24) is 5.32 Å². The molecular weight excluding hydrogens is 294 g/mol. The van der Waals surface area contributed by atoms with Gasteiger partial charge in [-0.05, 0) is 23.6 Å². The normalized spacial score (nSPS) is 12.8. The zero-order valence-electron chi connectivity index (χ0n) is 10.9. The number of carbonyl (C=O) groups excluding carboxylic acids is 1. The van der Waals surface area contributed by atoms with Crippen LogP contribution < -0.4 is 5.32 Å². The number of benzene rings is 1. The fourth-order valence-corrected chi connectivity index (χ4v) is 4.22. The van der Waals surface area contributed by atoms with E-state index in [1.54, 1.807) is 30.3 Å². The van der Waals surface area contributed by atoms with E-state index in [1.165, 1.54) is 18.3 Å². The molecule has 0 saturated carbocycles. The summed E-state index contributed by atoms with van der Waals surface area (Å²) in [5.74, 6) is -0.386. The van der Waals surface area contributed by atoms with E-state index in [0.717, 1.165) is 4.88 Å².